The highest BCUT2D eigenvalue weighted by Gasteiger charge is 2.12. The molecule has 0 saturated heterocycles. The second-order valence-electron chi connectivity index (χ2n) is 4.93. The third kappa shape index (κ3) is 5.00. The van der Waals surface area contributed by atoms with Gasteiger partial charge in [-0.2, -0.15) is 0 Å². The summed E-state index contributed by atoms with van der Waals surface area (Å²) in [5, 5.41) is 0.405. The van der Waals surface area contributed by atoms with E-state index in [0.717, 1.165) is 5.75 Å². The standard InChI is InChI=1S/C16H18ClFN2S/c1-11-3-2-4-15(7-11)21-10-14(20-19)8-12-5-6-13(17)9-16(12)18/h2-7,9,14,20H,8,10,19H2,1H3. The van der Waals surface area contributed by atoms with E-state index in [1.807, 2.05) is 6.07 Å². The number of nitrogens with two attached hydrogens (primary N) is 1. The molecule has 0 heterocycles. The highest BCUT2D eigenvalue weighted by atomic mass is 35.5. The minimum Gasteiger partial charge on any atom is -0.271 e. The van der Waals surface area contributed by atoms with Crippen LogP contribution >= 0.6 is 23.4 Å². The number of hydrogen-bond acceptors (Lipinski definition) is 3. The predicted octanol–water partition coefficient (Wildman–Crippen LogP) is 3.95. The van der Waals surface area contributed by atoms with Crippen LogP contribution in [0.5, 0.6) is 0 Å². The summed E-state index contributed by atoms with van der Waals surface area (Å²) in [7, 11) is 0. The van der Waals surface area contributed by atoms with Gasteiger partial charge in [0.25, 0.3) is 0 Å². The Morgan fingerprint density at radius 1 is 1.29 bits per heavy atom. The van der Waals surface area contributed by atoms with Crippen LogP contribution in [0, 0.1) is 12.7 Å². The summed E-state index contributed by atoms with van der Waals surface area (Å²) in [4.78, 5) is 1.19. The van der Waals surface area contributed by atoms with Crippen LogP contribution in [0.1, 0.15) is 11.1 Å². The number of rotatable bonds is 6. The summed E-state index contributed by atoms with van der Waals surface area (Å²) in [5.74, 6) is 6.06. The Morgan fingerprint density at radius 3 is 2.76 bits per heavy atom. The monoisotopic (exact) mass is 324 g/mol. The molecule has 0 amide bonds. The van der Waals surface area contributed by atoms with Crippen molar-refractivity contribution in [1.29, 1.82) is 0 Å². The van der Waals surface area contributed by atoms with Crippen molar-refractivity contribution in [3.8, 4) is 0 Å². The first-order valence-corrected chi connectivity index (χ1v) is 8.04. The normalized spacial score (nSPS) is 12.4. The fraction of sp³-hybridized carbons (Fsp3) is 0.250. The Kier molecular flexibility index (Phi) is 6.06. The Labute approximate surface area is 133 Å². The van der Waals surface area contributed by atoms with Gasteiger partial charge in [0, 0.05) is 21.7 Å². The van der Waals surface area contributed by atoms with Gasteiger partial charge in [0.2, 0.25) is 0 Å². The third-order valence-electron chi connectivity index (χ3n) is 3.16. The van der Waals surface area contributed by atoms with Gasteiger partial charge in [-0.15, -0.1) is 11.8 Å². The van der Waals surface area contributed by atoms with Gasteiger partial charge in [-0.3, -0.25) is 11.3 Å². The first-order chi connectivity index (χ1) is 10.1. The smallest absolute Gasteiger partial charge is 0.127 e. The van der Waals surface area contributed by atoms with Gasteiger partial charge in [0.1, 0.15) is 5.82 Å². The topological polar surface area (TPSA) is 38.0 Å². The van der Waals surface area contributed by atoms with E-state index >= 15 is 0 Å². The Balaban J connectivity index is 1.97. The van der Waals surface area contributed by atoms with Crippen LogP contribution < -0.4 is 11.3 Å². The molecular formula is C16H18ClFN2S. The number of aryl methyl sites for hydroxylation is 1. The maximum Gasteiger partial charge on any atom is 0.127 e. The molecule has 0 fully saturated rings. The highest BCUT2D eigenvalue weighted by molar-refractivity contribution is 7.99. The summed E-state index contributed by atoms with van der Waals surface area (Å²) in [5.41, 5.74) is 4.60. The van der Waals surface area contributed by atoms with Gasteiger partial charge in [-0.25, -0.2) is 4.39 Å². The molecule has 0 spiro atoms. The molecule has 1 atom stereocenters. The Hall–Kier alpha value is -1.07. The van der Waals surface area contributed by atoms with E-state index in [0.29, 0.717) is 17.0 Å². The lowest BCUT2D eigenvalue weighted by atomic mass is 10.1. The summed E-state index contributed by atoms with van der Waals surface area (Å²) in [6, 6.07) is 13.0. The van der Waals surface area contributed by atoms with Crippen molar-refractivity contribution < 1.29 is 4.39 Å². The van der Waals surface area contributed by atoms with Crippen LogP contribution in [0.25, 0.3) is 0 Å². The maximum atomic E-state index is 13.8. The lowest BCUT2D eigenvalue weighted by Crippen LogP contribution is -2.38. The molecule has 0 aliphatic rings. The van der Waals surface area contributed by atoms with Crippen molar-refractivity contribution in [3.05, 3.63) is 64.4 Å². The van der Waals surface area contributed by atoms with Gasteiger partial charge in [0.05, 0.1) is 0 Å². The van der Waals surface area contributed by atoms with E-state index in [1.165, 1.54) is 16.5 Å². The molecule has 2 aromatic carbocycles. The Morgan fingerprint density at radius 2 is 2.10 bits per heavy atom. The molecule has 112 valence electrons. The van der Waals surface area contributed by atoms with Crippen LogP contribution in [-0.2, 0) is 6.42 Å². The van der Waals surface area contributed by atoms with Gasteiger partial charge in [0.15, 0.2) is 0 Å². The van der Waals surface area contributed by atoms with E-state index in [9.17, 15) is 4.39 Å². The second kappa shape index (κ2) is 7.80. The fourth-order valence-corrected chi connectivity index (χ4v) is 3.23. The largest absolute Gasteiger partial charge is 0.271 e. The van der Waals surface area contributed by atoms with Crippen molar-refractivity contribution in [2.24, 2.45) is 5.84 Å². The number of hydrazine groups is 1. The molecule has 0 aliphatic carbocycles. The molecule has 0 aliphatic heterocycles. The quantitative estimate of drug-likeness (QED) is 0.480. The zero-order valence-corrected chi connectivity index (χ0v) is 13.3. The van der Waals surface area contributed by atoms with E-state index in [1.54, 1.807) is 23.9 Å². The summed E-state index contributed by atoms with van der Waals surface area (Å²) >= 11 is 7.46. The van der Waals surface area contributed by atoms with Crippen LogP contribution in [0.4, 0.5) is 4.39 Å². The molecule has 2 aromatic rings. The maximum absolute atomic E-state index is 13.8. The molecule has 0 radical (unpaired) electrons. The van der Waals surface area contributed by atoms with Crippen LogP contribution in [-0.4, -0.2) is 11.8 Å². The number of halogens is 2. The van der Waals surface area contributed by atoms with Crippen molar-refractivity contribution in [2.75, 3.05) is 5.75 Å². The first-order valence-electron chi connectivity index (χ1n) is 6.68. The SMILES string of the molecule is Cc1cccc(SCC(Cc2ccc(Cl)cc2F)NN)c1. The third-order valence-corrected chi connectivity index (χ3v) is 4.55. The van der Waals surface area contributed by atoms with Crippen LogP contribution in [0.2, 0.25) is 5.02 Å². The molecule has 2 rings (SSSR count). The number of nitrogens with one attached hydrogen (secondary N) is 1. The van der Waals surface area contributed by atoms with Crippen molar-refractivity contribution >= 4 is 23.4 Å². The lowest BCUT2D eigenvalue weighted by molar-refractivity contribution is 0.546. The highest BCUT2D eigenvalue weighted by Crippen LogP contribution is 2.22. The van der Waals surface area contributed by atoms with E-state index in [-0.39, 0.29) is 11.9 Å². The number of benzene rings is 2. The van der Waals surface area contributed by atoms with E-state index < -0.39 is 0 Å². The number of thioether (sulfide) groups is 1. The molecule has 3 N–H and O–H groups in total. The van der Waals surface area contributed by atoms with Crippen molar-refractivity contribution in [2.45, 2.75) is 24.3 Å². The van der Waals surface area contributed by atoms with Gasteiger partial charge < -0.3 is 0 Å². The average Bonchev–Trinajstić information content (AvgIpc) is 2.45. The van der Waals surface area contributed by atoms with Crippen LogP contribution in [0.3, 0.4) is 0 Å². The summed E-state index contributed by atoms with van der Waals surface area (Å²) in [6.45, 7) is 2.06. The summed E-state index contributed by atoms with van der Waals surface area (Å²) in [6.07, 6.45) is 0.526. The van der Waals surface area contributed by atoms with Crippen LogP contribution in [0.15, 0.2) is 47.4 Å². The summed E-state index contributed by atoms with van der Waals surface area (Å²) < 4.78 is 13.8. The van der Waals surface area contributed by atoms with Crippen molar-refractivity contribution in [3.63, 3.8) is 0 Å². The fourth-order valence-electron chi connectivity index (χ4n) is 2.02. The number of hydrogen-bond donors (Lipinski definition) is 2. The molecule has 2 nitrogen and oxygen atoms in total. The first kappa shape index (κ1) is 16.3. The molecule has 0 saturated carbocycles. The lowest BCUT2D eigenvalue weighted by Gasteiger charge is -2.16. The zero-order valence-electron chi connectivity index (χ0n) is 11.8. The van der Waals surface area contributed by atoms with E-state index in [4.69, 9.17) is 17.4 Å². The molecule has 5 heteroatoms. The van der Waals surface area contributed by atoms with Crippen molar-refractivity contribution in [1.82, 2.24) is 5.43 Å². The van der Waals surface area contributed by atoms with Gasteiger partial charge in [-0.05, 0) is 43.2 Å². The zero-order chi connectivity index (χ0) is 15.2. The minimum atomic E-state index is -0.289. The average molecular weight is 325 g/mol. The molecule has 21 heavy (non-hydrogen) atoms. The predicted molar refractivity (Wildman–Crippen MR) is 88.1 cm³/mol. The minimum absolute atomic E-state index is 0.00816. The molecule has 0 aromatic heterocycles. The molecular weight excluding hydrogens is 307 g/mol. The van der Waals surface area contributed by atoms with Gasteiger partial charge in [-0.1, -0.05) is 35.4 Å². The second-order valence-corrected chi connectivity index (χ2v) is 6.46. The Bertz CT molecular complexity index is 607. The molecule has 0 bridgehead atoms. The van der Waals surface area contributed by atoms with Gasteiger partial charge >= 0.3 is 0 Å². The van der Waals surface area contributed by atoms with E-state index in [2.05, 4.69) is 30.5 Å². The molecule has 1 unspecified atom stereocenters.